The van der Waals surface area contributed by atoms with Crippen LogP contribution in [0.1, 0.15) is 0 Å². The first-order valence-electron chi connectivity index (χ1n) is 6.93. The molecule has 0 heterocycles. The highest BCUT2D eigenvalue weighted by molar-refractivity contribution is 5.88. The van der Waals surface area contributed by atoms with Crippen LogP contribution in [0.2, 0.25) is 0 Å². The number of rotatable bonds is 5. The summed E-state index contributed by atoms with van der Waals surface area (Å²) in [5, 5.41) is 5.27. The van der Waals surface area contributed by atoms with Crippen molar-refractivity contribution in [1.29, 1.82) is 0 Å². The Morgan fingerprint density at radius 2 is 1.62 bits per heavy atom. The Hall–Kier alpha value is -2.55. The van der Waals surface area contributed by atoms with E-state index in [-0.39, 0.29) is 5.82 Å². The minimum Gasteiger partial charge on any atom is -0.491 e. The zero-order chi connectivity index (χ0) is 14.5. The number of hydrogen-bond acceptors (Lipinski definition) is 2. The van der Waals surface area contributed by atoms with E-state index < -0.39 is 0 Å². The first kappa shape index (κ1) is 13.4. The first-order chi connectivity index (χ1) is 10.3. The van der Waals surface area contributed by atoms with Crippen LogP contribution in [-0.2, 0) is 0 Å². The number of para-hydroxylation sites is 1. The van der Waals surface area contributed by atoms with Gasteiger partial charge in [-0.3, -0.25) is 0 Å². The molecule has 3 aromatic carbocycles. The molecular weight excluding hydrogens is 265 g/mol. The van der Waals surface area contributed by atoms with E-state index >= 15 is 0 Å². The molecule has 2 nitrogen and oxygen atoms in total. The van der Waals surface area contributed by atoms with Gasteiger partial charge in [-0.25, -0.2) is 4.39 Å². The number of halogens is 1. The maximum atomic E-state index is 13.4. The van der Waals surface area contributed by atoms with Crippen molar-refractivity contribution in [2.75, 3.05) is 18.5 Å². The molecule has 3 heteroatoms. The van der Waals surface area contributed by atoms with Crippen molar-refractivity contribution in [2.24, 2.45) is 0 Å². The molecule has 106 valence electrons. The molecule has 0 atom stereocenters. The molecule has 0 amide bonds. The zero-order valence-electron chi connectivity index (χ0n) is 11.6. The van der Waals surface area contributed by atoms with Crippen LogP contribution in [0.25, 0.3) is 10.8 Å². The summed E-state index contributed by atoms with van der Waals surface area (Å²) in [6.07, 6.45) is 0. The zero-order valence-corrected chi connectivity index (χ0v) is 11.6. The van der Waals surface area contributed by atoms with Crippen molar-refractivity contribution in [2.45, 2.75) is 0 Å². The molecular formula is C18H16FNO. The van der Waals surface area contributed by atoms with E-state index in [0.29, 0.717) is 18.8 Å². The summed E-state index contributed by atoms with van der Waals surface area (Å²) in [6, 6.07) is 20.7. The van der Waals surface area contributed by atoms with Gasteiger partial charge < -0.3 is 10.1 Å². The highest BCUT2D eigenvalue weighted by atomic mass is 19.1. The van der Waals surface area contributed by atoms with Crippen LogP contribution in [0.3, 0.4) is 0 Å². The second-order valence-electron chi connectivity index (χ2n) is 4.73. The smallest absolute Gasteiger partial charge is 0.146 e. The fourth-order valence-corrected chi connectivity index (χ4v) is 2.27. The summed E-state index contributed by atoms with van der Waals surface area (Å²) < 4.78 is 19.2. The molecule has 0 aliphatic carbocycles. The lowest BCUT2D eigenvalue weighted by atomic mass is 10.1. The van der Waals surface area contributed by atoms with Gasteiger partial charge in [0.25, 0.3) is 0 Å². The summed E-state index contributed by atoms with van der Waals surface area (Å²) >= 11 is 0. The first-order valence-corrected chi connectivity index (χ1v) is 6.93. The van der Waals surface area contributed by atoms with Gasteiger partial charge in [-0.05, 0) is 23.6 Å². The van der Waals surface area contributed by atoms with Gasteiger partial charge >= 0.3 is 0 Å². The normalized spacial score (nSPS) is 10.5. The van der Waals surface area contributed by atoms with E-state index in [1.54, 1.807) is 18.2 Å². The Morgan fingerprint density at radius 1 is 0.857 bits per heavy atom. The average molecular weight is 281 g/mol. The van der Waals surface area contributed by atoms with Crippen LogP contribution in [0.15, 0.2) is 66.7 Å². The summed E-state index contributed by atoms with van der Waals surface area (Å²) in [5.41, 5.74) is 0.499. The van der Waals surface area contributed by atoms with Crippen molar-refractivity contribution in [3.05, 3.63) is 72.5 Å². The molecule has 0 unspecified atom stereocenters. The lowest BCUT2D eigenvalue weighted by Crippen LogP contribution is -2.12. The van der Waals surface area contributed by atoms with Gasteiger partial charge in [0, 0.05) is 11.9 Å². The van der Waals surface area contributed by atoms with Crippen molar-refractivity contribution in [1.82, 2.24) is 0 Å². The molecule has 0 aliphatic rings. The molecule has 0 spiro atoms. The van der Waals surface area contributed by atoms with Gasteiger partial charge in [-0.15, -0.1) is 0 Å². The molecule has 0 aliphatic heterocycles. The molecule has 3 rings (SSSR count). The molecule has 1 N–H and O–H groups in total. The van der Waals surface area contributed by atoms with Gasteiger partial charge in [0.05, 0.1) is 5.69 Å². The lowest BCUT2D eigenvalue weighted by Gasteiger charge is -2.11. The maximum Gasteiger partial charge on any atom is 0.146 e. The summed E-state index contributed by atoms with van der Waals surface area (Å²) in [4.78, 5) is 0. The topological polar surface area (TPSA) is 21.3 Å². The van der Waals surface area contributed by atoms with Crippen LogP contribution in [-0.4, -0.2) is 13.2 Å². The standard InChI is InChI=1S/C18H16FNO/c19-16-9-3-4-10-17(16)20-12-13-21-18-11-5-7-14-6-1-2-8-15(14)18/h1-11,20H,12-13H2. The Labute approximate surface area is 123 Å². The van der Waals surface area contributed by atoms with E-state index in [9.17, 15) is 4.39 Å². The van der Waals surface area contributed by atoms with Gasteiger partial charge in [0.15, 0.2) is 0 Å². The van der Waals surface area contributed by atoms with E-state index in [2.05, 4.69) is 17.4 Å². The largest absolute Gasteiger partial charge is 0.491 e. The van der Waals surface area contributed by atoms with Gasteiger partial charge in [0.2, 0.25) is 0 Å². The third kappa shape index (κ3) is 3.14. The number of nitrogens with one attached hydrogen (secondary N) is 1. The fourth-order valence-electron chi connectivity index (χ4n) is 2.27. The van der Waals surface area contributed by atoms with Crippen molar-refractivity contribution in [3.8, 4) is 5.75 Å². The van der Waals surface area contributed by atoms with Crippen molar-refractivity contribution in [3.63, 3.8) is 0 Å². The second-order valence-corrected chi connectivity index (χ2v) is 4.73. The highest BCUT2D eigenvalue weighted by Crippen LogP contribution is 2.25. The maximum absolute atomic E-state index is 13.4. The number of benzene rings is 3. The summed E-state index contributed by atoms with van der Waals surface area (Å²) in [7, 11) is 0. The Kier molecular flexibility index (Phi) is 4.01. The van der Waals surface area contributed by atoms with Crippen molar-refractivity contribution < 1.29 is 9.13 Å². The molecule has 21 heavy (non-hydrogen) atoms. The van der Waals surface area contributed by atoms with Crippen LogP contribution >= 0.6 is 0 Å². The van der Waals surface area contributed by atoms with Crippen molar-refractivity contribution >= 4 is 16.5 Å². The van der Waals surface area contributed by atoms with E-state index in [4.69, 9.17) is 4.74 Å². The number of fused-ring (bicyclic) bond motifs is 1. The van der Waals surface area contributed by atoms with Crippen LogP contribution in [0.4, 0.5) is 10.1 Å². The van der Waals surface area contributed by atoms with Crippen LogP contribution < -0.4 is 10.1 Å². The van der Waals surface area contributed by atoms with Crippen LogP contribution in [0.5, 0.6) is 5.75 Å². The molecule has 0 saturated carbocycles. The molecule has 0 aromatic heterocycles. The molecule has 0 fully saturated rings. The minimum absolute atomic E-state index is 0.248. The molecule has 0 bridgehead atoms. The third-order valence-electron chi connectivity index (χ3n) is 3.30. The van der Waals surface area contributed by atoms with Gasteiger partial charge in [-0.1, -0.05) is 48.5 Å². The van der Waals surface area contributed by atoms with Gasteiger partial charge in [0.1, 0.15) is 18.2 Å². The highest BCUT2D eigenvalue weighted by Gasteiger charge is 2.02. The number of hydrogen-bond donors (Lipinski definition) is 1. The van der Waals surface area contributed by atoms with Gasteiger partial charge in [-0.2, -0.15) is 0 Å². The number of anilines is 1. The molecule has 0 radical (unpaired) electrons. The van der Waals surface area contributed by atoms with E-state index in [1.165, 1.54) is 6.07 Å². The van der Waals surface area contributed by atoms with E-state index in [1.807, 2.05) is 30.3 Å². The quantitative estimate of drug-likeness (QED) is 0.697. The summed E-state index contributed by atoms with van der Waals surface area (Å²) in [5.74, 6) is 0.603. The SMILES string of the molecule is Fc1ccccc1NCCOc1cccc2ccccc12. The second kappa shape index (κ2) is 6.27. The Bertz CT molecular complexity index is 737. The third-order valence-corrected chi connectivity index (χ3v) is 3.30. The monoisotopic (exact) mass is 281 g/mol. The Morgan fingerprint density at radius 3 is 2.52 bits per heavy atom. The fraction of sp³-hybridized carbons (Fsp3) is 0.111. The molecule has 0 saturated heterocycles. The summed E-state index contributed by atoms with van der Waals surface area (Å²) in [6.45, 7) is 1.02. The Balaban J connectivity index is 1.61. The average Bonchev–Trinajstić information content (AvgIpc) is 2.53. The molecule has 3 aromatic rings. The predicted molar refractivity (Wildman–Crippen MR) is 84.3 cm³/mol. The van der Waals surface area contributed by atoms with Crippen LogP contribution in [0, 0.1) is 5.82 Å². The van der Waals surface area contributed by atoms with E-state index in [0.717, 1.165) is 16.5 Å². The minimum atomic E-state index is -0.248. The predicted octanol–water partition coefficient (Wildman–Crippen LogP) is 4.47. The number of ether oxygens (including phenoxy) is 1. The lowest BCUT2D eigenvalue weighted by molar-refractivity contribution is 0.336.